The first-order valence-electron chi connectivity index (χ1n) is 6.36. The molecule has 0 spiro atoms. The molecule has 0 heterocycles. The van der Waals surface area contributed by atoms with Crippen LogP contribution in [-0.4, -0.2) is 28.6 Å². The molecule has 7 nitrogen and oxygen atoms in total. The van der Waals surface area contributed by atoms with E-state index >= 15 is 0 Å². The molecule has 0 aliphatic heterocycles. The fraction of sp³-hybridized carbons (Fsp3) is 0.462. The van der Waals surface area contributed by atoms with Gasteiger partial charge in [0.05, 0.1) is 11.0 Å². The van der Waals surface area contributed by atoms with Crippen molar-refractivity contribution < 1.29 is 19.6 Å². The highest BCUT2D eigenvalue weighted by molar-refractivity contribution is 5.78. The molecule has 0 aromatic heterocycles. The number of carbonyl (C=O) groups excluding carboxylic acids is 1. The van der Waals surface area contributed by atoms with Gasteiger partial charge in [0.25, 0.3) is 11.6 Å². The Balaban J connectivity index is 2.05. The first-order valence-corrected chi connectivity index (χ1v) is 6.36. The number of nitro groups is 1. The van der Waals surface area contributed by atoms with Crippen LogP contribution in [0.2, 0.25) is 0 Å². The topological polar surface area (TPSA) is 102 Å². The molecular formula is C13H16N2O5. The van der Waals surface area contributed by atoms with Crippen molar-refractivity contribution in [2.45, 2.75) is 31.9 Å². The fourth-order valence-corrected chi connectivity index (χ4v) is 1.75. The second kappa shape index (κ2) is 5.87. The van der Waals surface area contributed by atoms with Gasteiger partial charge in [0.1, 0.15) is 5.75 Å². The lowest BCUT2D eigenvalue weighted by molar-refractivity contribution is -0.385. The van der Waals surface area contributed by atoms with E-state index in [1.807, 2.05) is 0 Å². The predicted octanol–water partition coefficient (Wildman–Crippen LogP) is 1.31. The van der Waals surface area contributed by atoms with E-state index in [1.54, 1.807) is 0 Å². The Morgan fingerprint density at radius 2 is 2.30 bits per heavy atom. The number of aliphatic hydroxyl groups is 1. The fourth-order valence-electron chi connectivity index (χ4n) is 1.75. The number of hydrogen-bond acceptors (Lipinski definition) is 5. The minimum absolute atomic E-state index is 0.129. The summed E-state index contributed by atoms with van der Waals surface area (Å²) in [5.41, 5.74) is 0.161. The van der Waals surface area contributed by atoms with Crippen LogP contribution in [-0.2, 0) is 4.79 Å². The van der Waals surface area contributed by atoms with E-state index in [4.69, 9.17) is 4.74 Å². The zero-order valence-corrected chi connectivity index (χ0v) is 11.0. The van der Waals surface area contributed by atoms with Crippen LogP contribution >= 0.6 is 0 Å². The summed E-state index contributed by atoms with van der Waals surface area (Å²) in [4.78, 5) is 21.7. The minimum Gasteiger partial charge on any atom is -0.483 e. The van der Waals surface area contributed by atoms with Crippen molar-refractivity contribution in [1.29, 1.82) is 0 Å². The Morgan fingerprint density at radius 3 is 2.85 bits per heavy atom. The zero-order valence-electron chi connectivity index (χ0n) is 11.0. The van der Waals surface area contributed by atoms with Crippen molar-refractivity contribution in [2.75, 3.05) is 6.61 Å². The Bertz CT molecular complexity index is 525. The van der Waals surface area contributed by atoms with Crippen molar-refractivity contribution in [3.8, 4) is 5.75 Å². The van der Waals surface area contributed by atoms with Gasteiger partial charge in [-0.25, -0.2) is 0 Å². The van der Waals surface area contributed by atoms with Crippen LogP contribution in [0.5, 0.6) is 5.75 Å². The molecule has 2 rings (SSSR count). The van der Waals surface area contributed by atoms with E-state index in [9.17, 15) is 20.0 Å². The number of nitrogens with one attached hydrogen (secondary N) is 1. The lowest BCUT2D eigenvalue weighted by atomic mass is 10.1. The second-order valence-corrected chi connectivity index (χ2v) is 4.79. The van der Waals surface area contributed by atoms with Gasteiger partial charge in [0, 0.05) is 23.7 Å². The average Bonchev–Trinajstić information content (AvgIpc) is 3.19. The van der Waals surface area contributed by atoms with Gasteiger partial charge in [-0.15, -0.1) is 0 Å². The number of rotatable bonds is 6. The number of ether oxygens (including phenoxy) is 1. The van der Waals surface area contributed by atoms with Gasteiger partial charge >= 0.3 is 0 Å². The third-order valence-electron chi connectivity index (χ3n) is 2.96. The number of non-ortho nitro benzene ring substituents is 1. The summed E-state index contributed by atoms with van der Waals surface area (Å²) in [6, 6.07) is 4.17. The first-order chi connectivity index (χ1) is 9.47. The number of carbonyl (C=O) groups is 1. The third kappa shape index (κ3) is 3.67. The molecule has 1 amide bonds. The van der Waals surface area contributed by atoms with Crippen molar-refractivity contribution in [1.82, 2.24) is 5.32 Å². The summed E-state index contributed by atoms with van der Waals surface area (Å²) in [6.07, 6.45) is 1.06. The molecule has 0 radical (unpaired) electrons. The van der Waals surface area contributed by atoms with Crippen LogP contribution in [0, 0.1) is 10.1 Å². The molecule has 2 N–H and O–H groups in total. The average molecular weight is 280 g/mol. The predicted molar refractivity (Wildman–Crippen MR) is 70.4 cm³/mol. The van der Waals surface area contributed by atoms with Gasteiger partial charge in [-0.2, -0.15) is 0 Å². The molecular weight excluding hydrogens is 264 g/mol. The van der Waals surface area contributed by atoms with E-state index < -0.39 is 11.0 Å². The highest BCUT2D eigenvalue weighted by Gasteiger charge is 2.23. The number of benzene rings is 1. The molecule has 0 unspecified atom stereocenters. The number of nitrogens with zero attached hydrogens (tertiary/aromatic N) is 1. The van der Waals surface area contributed by atoms with Crippen LogP contribution in [0.15, 0.2) is 18.2 Å². The Labute approximate surface area is 115 Å². The van der Waals surface area contributed by atoms with Crippen LogP contribution in [0.25, 0.3) is 0 Å². The molecule has 1 aliphatic rings. The molecule has 0 bridgehead atoms. The normalized spacial score (nSPS) is 15.5. The van der Waals surface area contributed by atoms with Gasteiger partial charge in [-0.3, -0.25) is 14.9 Å². The van der Waals surface area contributed by atoms with E-state index in [-0.39, 0.29) is 30.0 Å². The monoisotopic (exact) mass is 280 g/mol. The molecule has 0 saturated heterocycles. The minimum atomic E-state index is -0.920. The molecule has 20 heavy (non-hydrogen) atoms. The standard InChI is InChI=1S/C13H16N2O5/c1-8(16)11-6-10(15(18)19)4-5-12(11)20-7-13(17)14-9-2-3-9/h4-6,8-9,16H,2-3,7H2,1H3,(H,14,17)/t8-/m1/s1. The van der Waals surface area contributed by atoms with Crippen molar-refractivity contribution in [2.24, 2.45) is 0 Å². The molecule has 108 valence electrons. The maximum absolute atomic E-state index is 11.5. The van der Waals surface area contributed by atoms with Gasteiger partial charge < -0.3 is 15.2 Å². The third-order valence-corrected chi connectivity index (χ3v) is 2.96. The number of amides is 1. The Hall–Kier alpha value is -2.15. The van der Waals surface area contributed by atoms with Gasteiger partial charge in [-0.1, -0.05) is 0 Å². The zero-order chi connectivity index (χ0) is 14.7. The van der Waals surface area contributed by atoms with Crippen LogP contribution in [0.4, 0.5) is 5.69 Å². The summed E-state index contributed by atoms with van der Waals surface area (Å²) in [6.45, 7) is 1.31. The number of hydrogen-bond donors (Lipinski definition) is 2. The smallest absolute Gasteiger partial charge is 0.270 e. The maximum atomic E-state index is 11.5. The van der Waals surface area contributed by atoms with Gasteiger partial charge in [0.2, 0.25) is 0 Å². The van der Waals surface area contributed by atoms with Crippen LogP contribution < -0.4 is 10.1 Å². The van der Waals surface area contributed by atoms with Crippen LogP contribution in [0.3, 0.4) is 0 Å². The van der Waals surface area contributed by atoms with Crippen LogP contribution in [0.1, 0.15) is 31.4 Å². The highest BCUT2D eigenvalue weighted by Crippen LogP contribution is 2.29. The van der Waals surface area contributed by atoms with E-state index in [0.29, 0.717) is 5.56 Å². The quantitative estimate of drug-likeness (QED) is 0.604. The molecule has 1 saturated carbocycles. The van der Waals surface area contributed by atoms with Gasteiger partial charge in [-0.05, 0) is 25.8 Å². The largest absolute Gasteiger partial charge is 0.483 e. The highest BCUT2D eigenvalue weighted by atomic mass is 16.6. The van der Waals surface area contributed by atoms with E-state index in [2.05, 4.69) is 5.32 Å². The van der Waals surface area contributed by atoms with E-state index in [1.165, 1.54) is 25.1 Å². The van der Waals surface area contributed by atoms with Crippen molar-refractivity contribution in [3.63, 3.8) is 0 Å². The molecule has 1 aromatic rings. The molecule has 1 fully saturated rings. The molecule has 1 atom stereocenters. The Morgan fingerprint density at radius 1 is 1.60 bits per heavy atom. The van der Waals surface area contributed by atoms with Crippen molar-refractivity contribution >= 4 is 11.6 Å². The Kier molecular flexibility index (Phi) is 4.19. The summed E-state index contributed by atoms with van der Waals surface area (Å²) in [5.74, 6) is 0.0407. The van der Waals surface area contributed by atoms with Crippen molar-refractivity contribution in [3.05, 3.63) is 33.9 Å². The summed E-state index contributed by atoms with van der Waals surface area (Å²) >= 11 is 0. The lowest BCUT2D eigenvalue weighted by Gasteiger charge is -2.13. The maximum Gasteiger partial charge on any atom is 0.270 e. The molecule has 1 aliphatic carbocycles. The summed E-state index contributed by atoms with van der Waals surface area (Å²) in [7, 11) is 0. The molecule has 7 heteroatoms. The SMILES string of the molecule is C[C@@H](O)c1cc([N+](=O)[O-])ccc1OCC(=O)NC1CC1. The number of nitro benzene ring substituents is 1. The van der Waals surface area contributed by atoms with Gasteiger partial charge in [0.15, 0.2) is 6.61 Å². The lowest BCUT2D eigenvalue weighted by Crippen LogP contribution is -2.30. The second-order valence-electron chi connectivity index (χ2n) is 4.79. The summed E-state index contributed by atoms with van der Waals surface area (Å²) in [5, 5.41) is 23.1. The molecule has 1 aromatic carbocycles. The first kappa shape index (κ1) is 14.3. The van der Waals surface area contributed by atoms with E-state index in [0.717, 1.165) is 12.8 Å². The summed E-state index contributed by atoms with van der Waals surface area (Å²) < 4.78 is 5.33. The number of aliphatic hydroxyl groups excluding tert-OH is 1.